The second kappa shape index (κ2) is 7.87. The molecule has 0 saturated carbocycles. The second-order valence-electron chi connectivity index (χ2n) is 8.05. The number of anilines is 2. The van der Waals surface area contributed by atoms with Crippen LogP contribution in [0.2, 0.25) is 0 Å². The summed E-state index contributed by atoms with van der Waals surface area (Å²) >= 11 is 0. The third kappa shape index (κ3) is 3.85. The number of hydrogen-bond donors (Lipinski definition) is 1. The monoisotopic (exact) mass is 393 g/mol. The van der Waals surface area contributed by atoms with Crippen LogP contribution in [0.15, 0.2) is 54.6 Å². The van der Waals surface area contributed by atoms with Crippen LogP contribution >= 0.6 is 0 Å². The van der Waals surface area contributed by atoms with Crippen LogP contribution in [0.25, 0.3) is 0 Å². The number of β-lactam (4-membered cyclic amide) rings is 1. The number of rotatable bonds is 5. The summed E-state index contributed by atoms with van der Waals surface area (Å²) in [4.78, 5) is 29.4. The molecule has 2 aliphatic heterocycles. The fraction of sp³-hybridized carbons (Fsp3) is 0.391. The summed E-state index contributed by atoms with van der Waals surface area (Å²) in [6.45, 7) is 6.82. The molecule has 0 aliphatic carbocycles. The van der Waals surface area contributed by atoms with E-state index in [-0.39, 0.29) is 17.9 Å². The van der Waals surface area contributed by atoms with E-state index in [2.05, 4.69) is 10.2 Å². The molecule has 1 unspecified atom stereocenters. The first-order valence-electron chi connectivity index (χ1n) is 10.1. The number of carbonyl (C=O) groups excluding carboxylic acids is 2. The number of morpholine rings is 1. The number of hydrogen-bond acceptors (Lipinski definition) is 4. The van der Waals surface area contributed by atoms with Gasteiger partial charge in [-0.05, 0) is 43.7 Å². The molecule has 6 heteroatoms. The van der Waals surface area contributed by atoms with E-state index in [0.717, 1.165) is 43.2 Å². The van der Waals surface area contributed by atoms with Gasteiger partial charge in [-0.1, -0.05) is 30.3 Å². The lowest BCUT2D eigenvalue weighted by molar-refractivity contribution is -0.160. The number of ether oxygens (including phenoxy) is 1. The minimum atomic E-state index is -0.946. The van der Waals surface area contributed by atoms with E-state index < -0.39 is 5.54 Å². The molecule has 0 spiro atoms. The average Bonchev–Trinajstić information content (AvgIpc) is 2.73. The summed E-state index contributed by atoms with van der Waals surface area (Å²) in [6.07, 6.45) is 0.439. The summed E-state index contributed by atoms with van der Waals surface area (Å²) in [5.41, 5.74) is 1.96. The number of carbonyl (C=O) groups is 2. The van der Waals surface area contributed by atoms with E-state index >= 15 is 0 Å². The molecule has 2 heterocycles. The molecule has 2 amide bonds. The van der Waals surface area contributed by atoms with E-state index in [1.807, 2.05) is 54.6 Å². The fourth-order valence-electron chi connectivity index (χ4n) is 4.03. The summed E-state index contributed by atoms with van der Waals surface area (Å²) in [7, 11) is 0. The quantitative estimate of drug-likeness (QED) is 0.793. The number of nitrogens with one attached hydrogen (secondary N) is 1. The Kier molecular flexibility index (Phi) is 5.28. The smallest absolute Gasteiger partial charge is 0.249 e. The Morgan fingerprint density at radius 2 is 1.69 bits per heavy atom. The van der Waals surface area contributed by atoms with Gasteiger partial charge in [0.2, 0.25) is 11.8 Å². The van der Waals surface area contributed by atoms with E-state index in [9.17, 15) is 9.59 Å². The second-order valence-corrected chi connectivity index (χ2v) is 8.05. The minimum Gasteiger partial charge on any atom is -0.378 e. The lowest BCUT2D eigenvalue weighted by Crippen LogP contribution is -2.62. The van der Waals surface area contributed by atoms with Gasteiger partial charge in [-0.2, -0.15) is 0 Å². The third-order valence-corrected chi connectivity index (χ3v) is 5.79. The number of likely N-dealkylation sites (tertiary alicyclic amines) is 1. The zero-order chi connectivity index (χ0) is 20.4. The van der Waals surface area contributed by atoms with Crippen LogP contribution in [-0.2, 0) is 14.3 Å². The first-order valence-corrected chi connectivity index (χ1v) is 10.1. The van der Waals surface area contributed by atoms with Gasteiger partial charge in [0, 0.05) is 24.5 Å². The molecule has 1 atom stereocenters. The third-order valence-electron chi connectivity index (χ3n) is 5.79. The summed E-state index contributed by atoms with van der Waals surface area (Å²) in [5, 5.41) is 2.98. The molecule has 2 aliphatic rings. The van der Waals surface area contributed by atoms with Crippen LogP contribution in [0.1, 0.15) is 31.9 Å². The number of nitrogens with zero attached hydrogens (tertiary/aromatic N) is 2. The Morgan fingerprint density at radius 1 is 1.03 bits per heavy atom. The normalized spacial score (nSPS) is 19.7. The van der Waals surface area contributed by atoms with Gasteiger partial charge < -0.3 is 19.9 Å². The van der Waals surface area contributed by atoms with E-state index in [4.69, 9.17) is 4.74 Å². The van der Waals surface area contributed by atoms with Gasteiger partial charge >= 0.3 is 0 Å². The van der Waals surface area contributed by atoms with Crippen molar-refractivity contribution >= 4 is 23.2 Å². The summed E-state index contributed by atoms with van der Waals surface area (Å²) in [5.74, 6) is -0.188. The molecule has 2 saturated heterocycles. The van der Waals surface area contributed by atoms with Crippen molar-refractivity contribution in [3.05, 3.63) is 60.2 Å². The standard InChI is InChI=1S/C23H27N3O3/c1-23(2,26-20(16-21(26)27)17-6-4-3-5-7-17)22(28)24-18-8-10-19(11-9-18)25-12-14-29-15-13-25/h3-11,20H,12-16H2,1-2H3,(H,24,28). The fourth-order valence-corrected chi connectivity index (χ4v) is 4.03. The van der Waals surface area contributed by atoms with Gasteiger partial charge in [0.1, 0.15) is 5.54 Å². The molecule has 2 aromatic rings. The predicted molar refractivity (Wildman–Crippen MR) is 113 cm³/mol. The van der Waals surface area contributed by atoms with Crippen LogP contribution in [0, 0.1) is 0 Å². The first-order chi connectivity index (χ1) is 14.0. The highest BCUT2D eigenvalue weighted by Gasteiger charge is 2.49. The number of amides is 2. The molecule has 29 heavy (non-hydrogen) atoms. The zero-order valence-electron chi connectivity index (χ0n) is 16.9. The van der Waals surface area contributed by atoms with Crippen LogP contribution in [0.4, 0.5) is 11.4 Å². The van der Waals surface area contributed by atoms with Gasteiger partial charge in [0.25, 0.3) is 0 Å². The summed E-state index contributed by atoms with van der Waals surface area (Å²) < 4.78 is 5.39. The van der Waals surface area contributed by atoms with Crippen LogP contribution in [-0.4, -0.2) is 48.6 Å². The van der Waals surface area contributed by atoms with Crippen LogP contribution in [0.3, 0.4) is 0 Å². The molecule has 0 radical (unpaired) electrons. The minimum absolute atomic E-state index is 0.00154. The van der Waals surface area contributed by atoms with Gasteiger partial charge in [0.15, 0.2) is 0 Å². The molecule has 2 fully saturated rings. The lowest BCUT2D eigenvalue weighted by atomic mass is 9.86. The first kappa shape index (κ1) is 19.5. The Balaban J connectivity index is 1.44. The van der Waals surface area contributed by atoms with Gasteiger partial charge in [-0.25, -0.2) is 0 Å². The topological polar surface area (TPSA) is 61.9 Å². The lowest BCUT2D eigenvalue weighted by Gasteiger charge is -2.49. The van der Waals surface area contributed by atoms with Crippen molar-refractivity contribution in [2.75, 3.05) is 36.5 Å². The van der Waals surface area contributed by atoms with Gasteiger partial charge in [0.05, 0.1) is 25.7 Å². The van der Waals surface area contributed by atoms with Crippen molar-refractivity contribution in [3.8, 4) is 0 Å². The molecule has 152 valence electrons. The van der Waals surface area contributed by atoms with E-state index in [1.54, 1.807) is 18.7 Å². The largest absolute Gasteiger partial charge is 0.378 e. The van der Waals surface area contributed by atoms with Crippen LogP contribution < -0.4 is 10.2 Å². The maximum Gasteiger partial charge on any atom is 0.249 e. The van der Waals surface area contributed by atoms with Crippen molar-refractivity contribution in [3.63, 3.8) is 0 Å². The van der Waals surface area contributed by atoms with Gasteiger partial charge in [-0.15, -0.1) is 0 Å². The molecular weight excluding hydrogens is 366 g/mol. The van der Waals surface area contributed by atoms with E-state index in [0.29, 0.717) is 6.42 Å². The average molecular weight is 393 g/mol. The number of benzene rings is 2. The molecule has 6 nitrogen and oxygen atoms in total. The van der Waals surface area contributed by atoms with Crippen LogP contribution in [0.5, 0.6) is 0 Å². The zero-order valence-corrected chi connectivity index (χ0v) is 16.9. The van der Waals surface area contributed by atoms with Crippen molar-refractivity contribution in [1.82, 2.24) is 4.90 Å². The summed E-state index contributed by atoms with van der Waals surface area (Å²) in [6, 6.07) is 17.6. The van der Waals surface area contributed by atoms with Crippen molar-refractivity contribution in [1.29, 1.82) is 0 Å². The van der Waals surface area contributed by atoms with Crippen molar-refractivity contribution in [2.24, 2.45) is 0 Å². The highest BCUT2D eigenvalue weighted by Crippen LogP contribution is 2.40. The Labute approximate surface area is 171 Å². The molecule has 0 aromatic heterocycles. The molecule has 2 aromatic carbocycles. The highest BCUT2D eigenvalue weighted by atomic mass is 16.5. The molecular formula is C23H27N3O3. The Hall–Kier alpha value is -2.86. The van der Waals surface area contributed by atoms with Gasteiger partial charge in [-0.3, -0.25) is 9.59 Å². The molecule has 0 bridgehead atoms. The Bertz CT molecular complexity index is 874. The van der Waals surface area contributed by atoms with Crippen molar-refractivity contribution in [2.45, 2.75) is 31.8 Å². The molecule has 1 N–H and O–H groups in total. The maximum absolute atomic E-state index is 13.0. The maximum atomic E-state index is 13.0. The molecule has 4 rings (SSSR count). The van der Waals surface area contributed by atoms with Crippen molar-refractivity contribution < 1.29 is 14.3 Å². The SMILES string of the molecule is CC(C)(C(=O)Nc1ccc(N2CCOCC2)cc1)N1C(=O)CC1c1ccccc1. The predicted octanol–water partition coefficient (Wildman–Crippen LogP) is 3.21. The Morgan fingerprint density at radius 3 is 2.31 bits per heavy atom. The highest BCUT2D eigenvalue weighted by molar-refractivity contribution is 6.01. The van der Waals surface area contributed by atoms with E-state index in [1.165, 1.54) is 0 Å².